The first-order valence-electron chi connectivity index (χ1n) is 6.05. The smallest absolute Gasteiger partial charge is 0.126 e. The molecule has 0 aliphatic rings. The molecule has 0 aromatic heterocycles. The molecule has 1 unspecified atom stereocenters. The van der Waals surface area contributed by atoms with Crippen LogP contribution in [-0.4, -0.2) is 6.54 Å². The maximum atomic E-state index is 13.5. The largest absolute Gasteiger partial charge is 0.310 e. The zero-order valence-corrected chi connectivity index (χ0v) is 10.7. The van der Waals surface area contributed by atoms with E-state index in [4.69, 9.17) is 0 Å². The molecule has 0 spiro atoms. The lowest BCUT2D eigenvalue weighted by atomic mass is 9.95. The minimum atomic E-state index is -0.110. The van der Waals surface area contributed by atoms with Gasteiger partial charge in [-0.05, 0) is 43.0 Å². The van der Waals surface area contributed by atoms with Gasteiger partial charge in [0.15, 0.2) is 0 Å². The van der Waals surface area contributed by atoms with Crippen molar-refractivity contribution < 1.29 is 4.39 Å². The summed E-state index contributed by atoms with van der Waals surface area (Å²) in [5, 5.41) is 3.47. The van der Waals surface area contributed by atoms with Crippen LogP contribution in [0.4, 0.5) is 4.39 Å². The van der Waals surface area contributed by atoms with Crippen molar-refractivity contribution in [1.82, 2.24) is 5.32 Å². The normalized spacial score (nSPS) is 13.1. The number of aryl methyl sites for hydroxylation is 1. The fourth-order valence-corrected chi connectivity index (χ4v) is 1.84. The molecular formula is C14H22FN. The maximum Gasteiger partial charge on any atom is 0.126 e. The van der Waals surface area contributed by atoms with Crippen LogP contribution in [0.25, 0.3) is 0 Å². The molecule has 0 aliphatic carbocycles. The highest BCUT2D eigenvalue weighted by Gasteiger charge is 2.15. The van der Waals surface area contributed by atoms with E-state index in [0.717, 1.165) is 18.5 Å². The molecule has 0 amide bonds. The van der Waals surface area contributed by atoms with Crippen LogP contribution in [0.15, 0.2) is 18.2 Å². The Hall–Kier alpha value is -0.890. The predicted molar refractivity (Wildman–Crippen MR) is 67.0 cm³/mol. The van der Waals surface area contributed by atoms with Gasteiger partial charge >= 0.3 is 0 Å². The van der Waals surface area contributed by atoms with E-state index in [-0.39, 0.29) is 11.9 Å². The number of rotatable bonds is 5. The van der Waals surface area contributed by atoms with Gasteiger partial charge < -0.3 is 5.32 Å². The minimum Gasteiger partial charge on any atom is -0.310 e. The zero-order chi connectivity index (χ0) is 12.1. The molecule has 1 aromatic carbocycles. The van der Waals surface area contributed by atoms with E-state index in [9.17, 15) is 4.39 Å². The van der Waals surface area contributed by atoms with Gasteiger partial charge in [-0.25, -0.2) is 4.39 Å². The summed E-state index contributed by atoms with van der Waals surface area (Å²) < 4.78 is 13.5. The van der Waals surface area contributed by atoms with E-state index in [1.807, 2.05) is 12.1 Å². The molecule has 1 nitrogen and oxygen atoms in total. The van der Waals surface area contributed by atoms with Crippen LogP contribution in [0.5, 0.6) is 0 Å². The van der Waals surface area contributed by atoms with E-state index in [0.29, 0.717) is 11.5 Å². The summed E-state index contributed by atoms with van der Waals surface area (Å²) in [6.45, 7) is 9.22. The molecule has 0 saturated heterocycles. The van der Waals surface area contributed by atoms with Gasteiger partial charge in [0, 0.05) is 6.04 Å². The zero-order valence-electron chi connectivity index (χ0n) is 10.7. The molecule has 0 saturated carbocycles. The van der Waals surface area contributed by atoms with Gasteiger partial charge in [0.25, 0.3) is 0 Å². The standard InChI is InChI=1S/C14H22FN/c1-5-8-16-14(10(2)3)12-7-6-11(4)13(15)9-12/h6-7,9-10,14,16H,5,8H2,1-4H3. The van der Waals surface area contributed by atoms with Gasteiger partial charge in [-0.2, -0.15) is 0 Å². The first-order valence-corrected chi connectivity index (χ1v) is 6.05. The number of nitrogens with one attached hydrogen (secondary N) is 1. The van der Waals surface area contributed by atoms with E-state index in [2.05, 4.69) is 26.1 Å². The molecule has 1 N–H and O–H groups in total. The van der Waals surface area contributed by atoms with Crippen LogP contribution >= 0.6 is 0 Å². The summed E-state index contributed by atoms with van der Waals surface area (Å²) in [6, 6.07) is 5.78. The lowest BCUT2D eigenvalue weighted by molar-refractivity contribution is 0.411. The van der Waals surface area contributed by atoms with Gasteiger partial charge in [-0.15, -0.1) is 0 Å². The van der Waals surface area contributed by atoms with Gasteiger partial charge in [-0.1, -0.05) is 32.9 Å². The van der Waals surface area contributed by atoms with Gasteiger partial charge in [-0.3, -0.25) is 0 Å². The maximum absolute atomic E-state index is 13.5. The van der Waals surface area contributed by atoms with Gasteiger partial charge in [0.1, 0.15) is 5.82 Å². The SMILES string of the molecule is CCCNC(c1ccc(C)c(F)c1)C(C)C. The molecule has 1 aromatic rings. The van der Waals surface area contributed by atoms with Crippen molar-refractivity contribution in [1.29, 1.82) is 0 Å². The Morgan fingerprint density at radius 2 is 2.00 bits per heavy atom. The Morgan fingerprint density at radius 3 is 2.50 bits per heavy atom. The van der Waals surface area contributed by atoms with Crippen LogP contribution in [-0.2, 0) is 0 Å². The number of hydrogen-bond donors (Lipinski definition) is 1. The van der Waals surface area contributed by atoms with Crippen LogP contribution in [0.2, 0.25) is 0 Å². The average Bonchev–Trinajstić information content (AvgIpc) is 2.23. The van der Waals surface area contributed by atoms with Gasteiger partial charge in [0.05, 0.1) is 0 Å². The predicted octanol–water partition coefficient (Wildman–Crippen LogP) is 3.83. The molecule has 0 radical (unpaired) electrons. The first-order chi connectivity index (χ1) is 7.56. The summed E-state index contributed by atoms with van der Waals surface area (Å²) in [7, 11) is 0. The van der Waals surface area contributed by atoms with E-state index in [1.54, 1.807) is 13.0 Å². The molecule has 0 aliphatic heterocycles. The fourth-order valence-electron chi connectivity index (χ4n) is 1.84. The van der Waals surface area contributed by atoms with E-state index < -0.39 is 0 Å². The van der Waals surface area contributed by atoms with Gasteiger partial charge in [0.2, 0.25) is 0 Å². The Labute approximate surface area is 98.1 Å². The highest BCUT2D eigenvalue weighted by Crippen LogP contribution is 2.23. The van der Waals surface area contributed by atoms with Crippen molar-refractivity contribution in [3.05, 3.63) is 35.1 Å². The molecule has 0 heterocycles. The molecular weight excluding hydrogens is 201 g/mol. The highest BCUT2D eigenvalue weighted by atomic mass is 19.1. The Bertz CT molecular complexity index is 334. The molecule has 2 heteroatoms. The third kappa shape index (κ3) is 3.31. The number of halogens is 1. The van der Waals surface area contributed by atoms with Crippen molar-refractivity contribution in [2.75, 3.05) is 6.54 Å². The van der Waals surface area contributed by atoms with E-state index >= 15 is 0 Å². The monoisotopic (exact) mass is 223 g/mol. The third-order valence-electron chi connectivity index (χ3n) is 2.84. The molecule has 0 bridgehead atoms. The van der Waals surface area contributed by atoms with Crippen LogP contribution in [0.1, 0.15) is 44.4 Å². The van der Waals surface area contributed by atoms with Crippen LogP contribution < -0.4 is 5.32 Å². The minimum absolute atomic E-state index is 0.110. The Balaban J connectivity index is 2.88. The number of hydrogen-bond acceptors (Lipinski definition) is 1. The van der Waals surface area contributed by atoms with Crippen molar-refractivity contribution >= 4 is 0 Å². The molecule has 1 atom stereocenters. The Kier molecular flexibility index (Phi) is 4.94. The summed E-state index contributed by atoms with van der Waals surface area (Å²) in [6.07, 6.45) is 1.09. The second-order valence-electron chi connectivity index (χ2n) is 4.68. The fraction of sp³-hybridized carbons (Fsp3) is 0.571. The molecule has 0 fully saturated rings. The first kappa shape index (κ1) is 13.2. The van der Waals surface area contributed by atoms with Crippen LogP contribution in [0.3, 0.4) is 0 Å². The quantitative estimate of drug-likeness (QED) is 0.800. The molecule has 1 rings (SSSR count). The number of benzene rings is 1. The summed E-state index contributed by atoms with van der Waals surface area (Å²) in [4.78, 5) is 0. The van der Waals surface area contributed by atoms with Crippen molar-refractivity contribution in [2.45, 2.75) is 40.2 Å². The lowest BCUT2D eigenvalue weighted by Crippen LogP contribution is -2.26. The molecule has 16 heavy (non-hydrogen) atoms. The topological polar surface area (TPSA) is 12.0 Å². The second-order valence-corrected chi connectivity index (χ2v) is 4.68. The highest BCUT2D eigenvalue weighted by molar-refractivity contribution is 5.26. The summed E-state index contributed by atoms with van der Waals surface area (Å²) in [5.74, 6) is 0.357. The van der Waals surface area contributed by atoms with Crippen molar-refractivity contribution in [3.8, 4) is 0 Å². The van der Waals surface area contributed by atoms with Crippen molar-refractivity contribution in [2.24, 2.45) is 5.92 Å². The summed E-state index contributed by atoms with van der Waals surface area (Å²) >= 11 is 0. The van der Waals surface area contributed by atoms with Crippen molar-refractivity contribution in [3.63, 3.8) is 0 Å². The average molecular weight is 223 g/mol. The Morgan fingerprint density at radius 1 is 1.31 bits per heavy atom. The van der Waals surface area contributed by atoms with Crippen LogP contribution in [0, 0.1) is 18.7 Å². The summed E-state index contributed by atoms with van der Waals surface area (Å²) in [5.41, 5.74) is 1.76. The molecule has 90 valence electrons. The third-order valence-corrected chi connectivity index (χ3v) is 2.84. The van der Waals surface area contributed by atoms with E-state index in [1.165, 1.54) is 0 Å². The second kappa shape index (κ2) is 6.00. The lowest BCUT2D eigenvalue weighted by Gasteiger charge is -2.23.